The first-order chi connectivity index (χ1) is 15.5. The minimum absolute atomic E-state index is 0. The molecule has 0 aliphatic heterocycles. The summed E-state index contributed by atoms with van der Waals surface area (Å²) in [5.41, 5.74) is 2.62. The van der Waals surface area contributed by atoms with Crippen molar-refractivity contribution in [3.8, 4) is 23.0 Å². The molecule has 0 saturated carbocycles. The van der Waals surface area contributed by atoms with Gasteiger partial charge in [0, 0.05) is 40.6 Å². The molecule has 0 aromatic heterocycles. The number of hydrogen-bond acceptors (Lipinski definition) is 6. The predicted molar refractivity (Wildman–Crippen MR) is 127 cm³/mol. The molecule has 4 N–H and O–H groups in total. The molecular weight excluding hydrogens is 460 g/mol. The van der Waals surface area contributed by atoms with Gasteiger partial charge in [-0.25, -0.2) is 0 Å². The first-order valence-corrected chi connectivity index (χ1v) is 9.74. The summed E-state index contributed by atoms with van der Waals surface area (Å²) >= 11 is 0. The molecule has 0 spiro atoms. The summed E-state index contributed by atoms with van der Waals surface area (Å²) in [6.45, 7) is 0. The number of phenolic OH excluding ortho intramolecular Hbond substituents is 4. The Morgan fingerprint density at radius 3 is 1.06 bits per heavy atom. The number of para-hydroxylation sites is 6. The summed E-state index contributed by atoms with van der Waals surface area (Å²) < 4.78 is 0. The predicted octanol–water partition coefficient (Wildman–Crippen LogP) is 5.69. The number of nitrogens with zero attached hydrogens (tertiary/aromatic N) is 2. The van der Waals surface area contributed by atoms with Crippen LogP contribution in [0.5, 0.6) is 23.0 Å². The van der Waals surface area contributed by atoms with Gasteiger partial charge in [0.2, 0.25) is 0 Å². The summed E-state index contributed by atoms with van der Waals surface area (Å²) in [4.78, 5) is 8.82. The van der Waals surface area contributed by atoms with Gasteiger partial charge in [-0.05, 0) is 48.5 Å². The topological polar surface area (TPSA) is 106 Å². The van der Waals surface area contributed by atoms with Gasteiger partial charge in [-0.1, -0.05) is 48.5 Å². The number of hydrogen-bond donors (Lipinski definition) is 4. The van der Waals surface area contributed by atoms with Crippen LogP contribution in [-0.4, -0.2) is 32.9 Å². The molecule has 6 nitrogen and oxygen atoms in total. The molecule has 0 unspecified atom stereocenters. The monoisotopic (exact) mass is 482 g/mol. The van der Waals surface area contributed by atoms with Gasteiger partial charge in [0.25, 0.3) is 0 Å². The third-order valence-electron chi connectivity index (χ3n) is 4.32. The molecule has 4 rings (SSSR count). The van der Waals surface area contributed by atoms with Crippen molar-refractivity contribution in [2.45, 2.75) is 0 Å². The zero-order valence-electron chi connectivity index (χ0n) is 17.4. The number of phenols is 4. The second-order valence-electron chi connectivity index (χ2n) is 6.61. The smallest absolute Gasteiger partial charge is 0.157 e. The van der Waals surface area contributed by atoms with Crippen LogP contribution >= 0.6 is 0 Å². The standard InChI is InChI=1S/C20H16N2O2.C6H6O2.Fe/c23-19-11-5-1-7-15(19)13-21-17-9-3-4-10-18(17)22-14-16-8-2-6-12-20(16)24;7-5-3-1-2-4-6(5)8;/h1-14,23-24H;1-4,7-8H;. The Morgan fingerprint density at radius 2 is 0.727 bits per heavy atom. The number of benzene rings is 4. The maximum atomic E-state index is 9.79. The molecule has 7 heteroatoms. The van der Waals surface area contributed by atoms with E-state index < -0.39 is 0 Å². The summed E-state index contributed by atoms with van der Waals surface area (Å²) in [6.07, 6.45) is 3.20. The minimum atomic E-state index is -0.0764. The van der Waals surface area contributed by atoms with E-state index in [4.69, 9.17) is 10.2 Å². The molecular formula is C26H22FeN2O4. The molecule has 0 aliphatic rings. The molecule has 168 valence electrons. The van der Waals surface area contributed by atoms with Gasteiger partial charge < -0.3 is 20.4 Å². The zero-order chi connectivity index (χ0) is 22.8. The van der Waals surface area contributed by atoms with E-state index in [-0.39, 0.29) is 40.1 Å². The largest absolute Gasteiger partial charge is 0.507 e. The molecule has 0 atom stereocenters. The second kappa shape index (κ2) is 12.7. The maximum absolute atomic E-state index is 9.79. The van der Waals surface area contributed by atoms with Crippen molar-refractivity contribution >= 4 is 23.8 Å². The Kier molecular flexibility index (Phi) is 9.71. The van der Waals surface area contributed by atoms with Gasteiger partial charge in [-0.3, -0.25) is 9.98 Å². The van der Waals surface area contributed by atoms with E-state index in [2.05, 4.69) is 9.98 Å². The van der Waals surface area contributed by atoms with E-state index >= 15 is 0 Å². The van der Waals surface area contributed by atoms with Crippen molar-refractivity contribution in [2.75, 3.05) is 0 Å². The van der Waals surface area contributed by atoms with E-state index in [9.17, 15) is 10.2 Å². The Balaban J connectivity index is 0.000000364. The SMILES string of the molecule is Oc1ccccc1C=Nc1ccccc1N=Cc1ccccc1O.Oc1ccccc1O.[Fe]. The van der Waals surface area contributed by atoms with Gasteiger partial charge in [0.15, 0.2) is 11.5 Å². The van der Waals surface area contributed by atoms with E-state index in [1.54, 1.807) is 61.0 Å². The van der Waals surface area contributed by atoms with Crippen molar-refractivity contribution in [1.82, 2.24) is 0 Å². The van der Waals surface area contributed by atoms with Gasteiger partial charge in [0.1, 0.15) is 11.5 Å². The van der Waals surface area contributed by atoms with Crippen LogP contribution in [0.1, 0.15) is 11.1 Å². The summed E-state index contributed by atoms with van der Waals surface area (Å²) in [6, 6.07) is 27.6. The summed E-state index contributed by atoms with van der Waals surface area (Å²) in [5, 5.41) is 36.9. The molecule has 0 aliphatic carbocycles. The fourth-order valence-electron chi connectivity index (χ4n) is 2.62. The third kappa shape index (κ3) is 7.54. The quantitative estimate of drug-likeness (QED) is 0.170. The van der Waals surface area contributed by atoms with Gasteiger partial charge >= 0.3 is 0 Å². The Hall–Kier alpha value is -4.06. The first kappa shape index (κ1) is 25.2. The van der Waals surface area contributed by atoms with Crippen LogP contribution in [0, 0.1) is 0 Å². The maximum Gasteiger partial charge on any atom is 0.157 e. The molecule has 0 heterocycles. The average Bonchev–Trinajstić information content (AvgIpc) is 2.81. The Morgan fingerprint density at radius 1 is 0.424 bits per heavy atom. The van der Waals surface area contributed by atoms with E-state index in [1.165, 1.54) is 12.1 Å². The van der Waals surface area contributed by atoms with E-state index in [0.29, 0.717) is 22.5 Å². The zero-order valence-corrected chi connectivity index (χ0v) is 18.5. The summed E-state index contributed by atoms with van der Waals surface area (Å²) in [7, 11) is 0. The summed E-state index contributed by atoms with van der Waals surface area (Å²) in [5.74, 6) is 0.202. The van der Waals surface area contributed by atoms with Gasteiger partial charge in [-0.15, -0.1) is 0 Å². The molecule has 0 saturated heterocycles. The number of rotatable bonds is 4. The van der Waals surface area contributed by atoms with Crippen LogP contribution in [0.25, 0.3) is 0 Å². The number of aliphatic imine (C=N–C) groups is 2. The van der Waals surface area contributed by atoms with E-state index in [0.717, 1.165) is 0 Å². The van der Waals surface area contributed by atoms with Gasteiger partial charge in [-0.2, -0.15) is 0 Å². The van der Waals surface area contributed by atoms with Crippen LogP contribution in [0.4, 0.5) is 11.4 Å². The minimum Gasteiger partial charge on any atom is -0.507 e. The van der Waals surface area contributed by atoms with Crippen LogP contribution in [0.15, 0.2) is 107 Å². The van der Waals surface area contributed by atoms with Gasteiger partial charge in [0.05, 0.1) is 11.4 Å². The fourth-order valence-corrected chi connectivity index (χ4v) is 2.62. The molecule has 0 amide bonds. The molecule has 4 aromatic rings. The molecule has 33 heavy (non-hydrogen) atoms. The van der Waals surface area contributed by atoms with E-state index in [1.807, 2.05) is 36.4 Å². The molecule has 0 fully saturated rings. The van der Waals surface area contributed by atoms with Crippen molar-refractivity contribution < 1.29 is 37.5 Å². The number of aromatic hydroxyl groups is 4. The van der Waals surface area contributed by atoms with Crippen LogP contribution in [0.2, 0.25) is 0 Å². The van der Waals surface area contributed by atoms with Crippen LogP contribution < -0.4 is 0 Å². The van der Waals surface area contributed by atoms with Crippen molar-refractivity contribution in [3.63, 3.8) is 0 Å². The molecule has 0 radical (unpaired) electrons. The third-order valence-corrected chi connectivity index (χ3v) is 4.32. The normalized spacial score (nSPS) is 10.4. The van der Waals surface area contributed by atoms with Crippen molar-refractivity contribution in [1.29, 1.82) is 0 Å². The molecule has 0 bridgehead atoms. The fraction of sp³-hybridized carbons (Fsp3) is 0. The van der Waals surface area contributed by atoms with Crippen LogP contribution in [-0.2, 0) is 17.1 Å². The Bertz CT molecular complexity index is 1150. The second-order valence-corrected chi connectivity index (χ2v) is 6.61. The van der Waals surface area contributed by atoms with Crippen molar-refractivity contribution in [2.24, 2.45) is 9.98 Å². The van der Waals surface area contributed by atoms with Crippen LogP contribution in [0.3, 0.4) is 0 Å². The van der Waals surface area contributed by atoms with Crippen molar-refractivity contribution in [3.05, 3.63) is 108 Å². The average molecular weight is 482 g/mol. The first-order valence-electron chi connectivity index (χ1n) is 9.74. The Labute approximate surface area is 202 Å². The molecule has 4 aromatic carbocycles.